The average molecular weight is 152 g/mol. The van der Waals surface area contributed by atoms with Crippen molar-refractivity contribution in [1.82, 2.24) is 0 Å². The molecule has 5 atom stereocenters. The van der Waals surface area contributed by atoms with Crippen LogP contribution in [-0.2, 0) is 9.59 Å². The fourth-order valence-corrected chi connectivity index (χ4v) is 3.18. The minimum Gasteiger partial charge on any atom is -0.481 e. The maximum atomic E-state index is 11.2. The molecule has 4 bridgehead atoms. The Hall–Kier alpha value is -0.860. The Morgan fingerprint density at radius 2 is 2.27 bits per heavy atom. The molecule has 0 radical (unpaired) electrons. The van der Waals surface area contributed by atoms with Gasteiger partial charge in [0.2, 0.25) is 0 Å². The van der Waals surface area contributed by atoms with Crippen LogP contribution in [0.2, 0.25) is 0 Å². The SMILES string of the molecule is O=C(O)[C@@H]1[C@@H]2[C@@H]3C[C@@H]1C(=O)[C@@H]32. The lowest BCUT2D eigenvalue weighted by atomic mass is 9.98. The number of carbonyl (C=O) groups is 2. The first-order valence-corrected chi connectivity index (χ1v) is 3.98. The second-order valence-electron chi connectivity index (χ2n) is 3.88. The van der Waals surface area contributed by atoms with Crippen LogP contribution in [0.3, 0.4) is 0 Å². The number of aliphatic carboxylic acids is 1. The molecule has 4 rings (SSSR count). The van der Waals surface area contributed by atoms with E-state index in [1.165, 1.54) is 0 Å². The standard InChI is InChI=1S/C8H8O3/c9-7-3-1-2-4(5(2)7)6(3)8(10)11/h2-6H,1H2,(H,10,11)/t2-,3-,4+,5-,6-/m0/s1. The van der Waals surface area contributed by atoms with Gasteiger partial charge in [-0.15, -0.1) is 0 Å². The second-order valence-corrected chi connectivity index (χ2v) is 3.88. The zero-order valence-electron chi connectivity index (χ0n) is 5.86. The minimum atomic E-state index is -0.754. The molecule has 0 spiro atoms. The third kappa shape index (κ3) is 0.424. The van der Waals surface area contributed by atoms with Crippen molar-refractivity contribution in [2.24, 2.45) is 29.6 Å². The van der Waals surface area contributed by atoms with E-state index in [9.17, 15) is 9.59 Å². The van der Waals surface area contributed by atoms with Crippen LogP contribution in [0.15, 0.2) is 0 Å². The van der Waals surface area contributed by atoms with Crippen molar-refractivity contribution in [2.75, 3.05) is 0 Å². The number of carboxylic acids is 1. The second kappa shape index (κ2) is 1.36. The molecule has 0 aliphatic heterocycles. The molecule has 0 aromatic heterocycles. The fraction of sp³-hybridized carbons (Fsp3) is 0.750. The lowest BCUT2D eigenvalue weighted by Crippen LogP contribution is -2.19. The molecule has 0 amide bonds. The highest BCUT2D eigenvalue weighted by Crippen LogP contribution is 2.71. The van der Waals surface area contributed by atoms with E-state index in [4.69, 9.17) is 5.11 Å². The van der Waals surface area contributed by atoms with Crippen LogP contribution in [0.4, 0.5) is 0 Å². The van der Waals surface area contributed by atoms with Gasteiger partial charge in [-0.1, -0.05) is 0 Å². The summed E-state index contributed by atoms with van der Waals surface area (Å²) in [6, 6.07) is 0. The van der Waals surface area contributed by atoms with Crippen molar-refractivity contribution in [3.8, 4) is 0 Å². The third-order valence-electron chi connectivity index (χ3n) is 3.58. The zero-order chi connectivity index (χ0) is 7.75. The highest BCUT2D eigenvalue weighted by Gasteiger charge is 2.75. The maximum Gasteiger partial charge on any atom is 0.307 e. The van der Waals surface area contributed by atoms with Gasteiger partial charge in [-0.25, -0.2) is 0 Å². The first-order valence-electron chi connectivity index (χ1n) is 3.98. The summed E-state index contributed by atoms with van der Waals surface area (Å²) in [5.41, 5.74) is 0. The molecule has 0 saturated heterocycles. The highest BCUT2D eigenvalue weighted by atomic mass is 16.4. The molecule has 0 unspecified atom stereocenters. The summed E-state index contributed by atoms with van der Waals surface area (Å²) in [4.78, 5) is 21.9. The number of hydrogen-bond acceptors (Lipinski definition) is 2. The van der Waals surface area contributed by atoms with E-state index >= 15 is 0 Å². The smallest absolute Gasteiger partial charge is 0.307 e. The van der Waals surface area contributed by atoms with Gasteiger partial charge < -0.3 is 5.11 Å². The van der Waals surface area contributed by atoms with Crippen LogP contribution < -0.4 is 0 Å². The molecule has 0 aromatic rings. The first-order chi connectivity index (χ1) is 5.22. The van der Waals surface area contributed by atoms with Gasteiger partial charge in [0.1, 0.15) is 5.78 Å². The molecule has 0 aromatic carbocycles. The van der Waals surface area contributed by atoms with Crippen molar-refractivity contribution in [2.45, 2.75) is 6.42 Å². The molecule has 4 saturated carbocycles. The summed E-state index contributed by atoms with van der Waals surface area (Å²) in [5, 5.41) is 8.77. The van der Waals surface area contributed by atoms with Crippen LogP contribution >= 0.6 is 0 Å². The normalized spacial score (nSPS) is 56.7. The molecular weight excluding hydrogens is 144 g/mol. The first kappa shape index (κ1) is 5.75. The molecule has 4 aliphatic carbocycles. The van der Waals surface area contributed by atoms with E-state index in [2.05, 4.69) is 0 Å². The Labute approximate surface area is 63.4 Å². The molecule has 11 heavy (non-hydrogen) atoms. The molecule has 4 fully saturated rings. The summed E-state index contributed by atoms with van der Waals surface area (Å²) in [7, 11) is 0. The lowest BCUT2D eigenvalue weighted by Gasteiger charge is -2.05. The number of rotatable bonds is 1. The fourth-order valence-electron chi connectivity index (χ4n) is 3.18. The van der Waals surface area contributed by atoms with Crippen molar-refractivity contribution in [3.05, 3.63) is 0 Å². The highest BCUT2D eigenvalue weighted by molar-refractivity contribution is 5.98. The average Bonchev–Trinajstić information content (AvgIpc) is 2.33. The number of carboxylic acid groups (broad SMARTS) is 1. The van der Waals surface area contributed by atoms with Crippen molar-refractivity contribution >= 4 is 11.8 Å². The molecule has 0 heterocycles. The summed E-state index contributed by atoms with van der Waals surface area (Å²) < 4.78 is 0. The van der Waals surface area contributed by atoms with Crippen molar-refractivity contribution < 1.29 is 14.7 Å². The van der Waals surface area contributed by atoms with Crippen molar-refractivity contribution in [3.63, 3.8) is 0 Å². The van der Waals surface area contributed by atoms with E-state index in [1.54, 1.807) is 0 Å². The Morgan fingerprint density at radius 1 is 1.55 bits per heavy atom. The lowest BCUT2D eigenvalue weighted by molar-refractivity contribution is -0.144. The molecule has 1 N–H and O–H groups in total. The topological polar surface area (TPSA) is 54.4 Å². The number of carbonyl (C=O) groups excluding carboxylic acids is 1. The number of Topliss-reactive ketones (excluding diaryl/α,β-unsaturated/α-hetero) is 1. The predicted octanol–water partition coefficient (Wildman–Crippen LogP) is 0.152. The largest absolute Gasteiger partial charge is 0.481 e. The summed E-state index contributed by atoms with van der Waals surface area (Å²) in [6.45, 7) is 0. The van der Waals surface area contributed by atoms with Gasteiger partial charge in [0.25, 0.3) is 0 Å². The van der Waals surface area contributed by atoms with E-state index in [1.807, 2.05) is 0 Å². The molecule has 4 aliphatic rings. The Bertz CT molecular complexity index is 271. The van der Waals surface area contributed by atoms with Gasteiger partial charge in [0.15, 0.2) is 0 Å². The summed E-state index contributed by atoms with van der Waals surface area (Å²) in [5.74, 6) is -0.0482. The maximum absolute atomic E-state index is 11.2. The van der Waals surface area contributed by atoms with Gasteiger partial charge in [0.05, 0.1) is 5.92 Å². The molecular formula is C8H8O3. The molecule has 3 nitrogen and oxygen atoms in total. The van der Waals surface area contributed by atoms with Crippen LogP contribution in [0.25, 0.3) is 0 Å². The zero-order valence-corrected chi connectivity index (χ0v) is 5.86. The number of hydrogen-bond donors (Lipinski definition) is 1. The Balaban J connectivity index is 2.03. The quantitative estimate of drug-likeness (QED) is 0.582. The number of ketones is 1. The Morgan fingerprint density at radius 3 is 2.45 bits per heavy atom. The molecule has 3 heteroatoms. The van der Waals surface area contributed by atoms with E-state index < -0.39 is 5.97 Å². The van der Waals surface area contributed by atoms with E-state index in [-0.39, 0.29) is 29.5 Å². The monoisotopic (exact) mass is 152 g/mol. The molecule has 58 valence electrons. The van der Waals surface area contributed by atoms with Gasteiger partial charge >= 0.3 is 5.97 Å². The van der Waals surface area contributed by atoms with Crippen LogP contribution in [0, 0.1) is 29.6 Å². The van der Waals surface area contributed by atoms with E-state index in [0.29, 0.717) is 5.92 Å². The summed E-state index contributed by atoms with van der Waals surface area (Å²) >= 11 is 0. The van der Waals surface area contributed by atoms with Crippen LogP contribution in [0.5, 0.6) is 0 Å². The van der Waals surface area contributed by atoms with Gasteiger partial charge in [-0.05, 0) is 18.3 Å². The van der Waals surface area contributed by atoms with Crippen molar-refractivity contribution in [1.29, 1.82) is 0 Å². The van der Waals surface area contributed by atoms with Crippen LogP contribution in [0.1, 0.15) is 6.42 Å². The Kier molecular flexibility index (Phi) is 0.708. The van der Waals surface area contributed by atoms with Gasteiger partial charge in [0, 0.05) is 11.8 Å². The van der Waals surface area contributed by atoms with Gasteiger partial charge in [-0.3, -0.25) is 9.59 Å². The summed E-state index contributed by atoms with van der Waals surface area (Å²) in [6.07, 6.45) is 0.866. The van der Waals surface area contributed by atoms with E-state index in [0.717, 1.165) is 6.42 Å². The minimum absolute atomic E-state index is 0.104. The van der Waals surface area contributed by atoms with Crippen LogP contribution in [-0.4, -0.2) is 16.9 Å². The van der Waals surface area contributed by atoms with Gasteiger partial charge in [-0.2, -0.15) is 0 Å². The third-order valence-corrected chi connectivity index (χ3v) is 3.58. The predicted molar refractivity (Wildman–Crippen MR) is 34.7 cm³/mol.